The molecule has 0 aliphatic rings. The van der Waals surface area contributed by atoms with Gasteiger partial charge in [0.05, 0.1) is 19.1 Å². The number of sulfonamides is 1. The molecule has 0 aliphatic heterocycles. The van der Waals surface area contributed by atoms with Crippen LogP contribution in [0.1, 0.15) is 32.8 Å². The third kappa shape index (κ3) is 7.76. The predicted octanol–water partition coefficient (Wildman–Crippen LogP) is 3.04. The van der Waals surface area contributed by atoms with Gasteiger partial charge in [0.25, 0.3) is 0 Å². The van der Waals surface area contributed by atoms with E-state index in [4.69, 9.17) is 4.74 Å². The lowest BCUT2D eigenvalue weighted by Gasteiger charge is -2.33. The molecule has 0 saturated carbocycles. The molecule has 2 rings (SSSR count). The summed E-state index contributed by atoms with van der Waals surface area (Å²) in [5, 5.41) is 2.90. The Hall–Kier alpha value is -3.07. The van der Waals surface area contributed by atoms with Crippen LogP contribution >= 0.6 is 0 Å². The van der Waals surface area contributed by atoms with E-state index in [1.165, 1.54) is 12.0 Å². The summed E-state index contributed by atoms with van der Waals surface area (Å²) >= 11 is 0. The first kappa shape index (κ1) is 27.2. The Morgan fingerprint density at radius 3 is 2.29 bits per heavy atom. The van der Waals surface area contributed by atoms with Crippen LogP contribution < -0.4 is 14.4 Å². The SMILES string of the molecule is CC[C@H](C(=O)NCC(C)C)N(Cc1ccccc1)C(=O)CN(c1cccc(OC)c1)S(C)(=O)=O. The van der Waals surface area contributed by atoms with E-state index in [0.717, 1.165) is 16.1 Å². The van der Waals surface area contributed by atoms with Crippen molar-refractivity contribution in [3.8, 4) is 5.75 Å². The second-order valence-corrected chi connectivity index (χ2v) is 10.4. The van der Waals surface area contributed by atoms with Gasteiger partial charge >= 0.3 is 0 Å². The number of hydrogen-bond acceptors (Lipinski definition) is 5. The summed E-state index contributed by atoms with van der Waals surface area (Å²) in [6.07, 6.45) is 1.44. The minimum absolute atomic E-state index is 0.184. The molecule has 0 spiro atoms. The molecule has 0 bridgehead atoms. The third-order valence-corrected chi connectivity index (χ3v) is 6.43. The van der Waals surface area contributed by atoms with Crippen molar-refractivity contribution < 1.29 is 22.7 Å². The lowest BCUT2D eigenvalue weighted by atomic mass is 10.1. The molecule has 9 heteroatoms. The highest BCUT2D eigenvalue weighted by atomic mass is 32.2. The number of nitrogens with zero attached hydrogens (tertiary/aromatic N) is 2. The van der Waals surface area contributed by atoms with Crippen molar-refractivity contribution in [2.24, 2.45) is 5.92 Å². The second kappa shape index (κ2) is 12.4. The monoisotopic (exact) mass is 489 g/mol. The maximum Gasteiger partial charge on any atom is 0.244 e. The Bertz CT molecular complexity index is 1060. The van der Waals surface area contributed by atoms with Gasteiger partial charge in [0.1, 0.15) is 18.3 Å². The van der Waals surface area contributed by atoms with E-state index in [0.29, 0.717) is 24.4 Å². The summed E-state index contributed by atoms with van der Waals surface area (Å²) in [6, 6.07) is 15.1. The van der Waals surface area contributed by atoms with E-state index in [1.54, 1.807) is 24.3 Å². The second-order valence-electron chi connectivity index (χ2n) is 8.54. The number of rotatable bonds is 12. The first-order chi connectivity index (χ1) is 16.1. The molecule has 2 amide bonds. The first-order valence-electron chi connectivity index (χ1n) is 11.3. The average Bonchev–Trinajstić information content (AvgIpc) is 2.80. The molecule has 0 aromatic heterocycles. The van der Waals surface area contributed by atoms with Crippen LogP contribution in [0.4, 0.5) is 5.69 Å². The molecule has 0 fully saturated rings. The molecule has 2 aromatic carbocycles. The number of benzene rings is 2. The average molecular weight is 490 g/mol. The Morgan fingerprint density at radius 1 is 1.06 bits per heavy atom. The highest BCUT2D eigenvalue weighted by Gasteiger charge is 2.31. The van der Waals surface area contributed by atoms with Crippen LogP contribution in [0, 0.1) is 5.92 Å². The van der Waals surface area contributed by atoms with E-state index in [9.17, 15) is 18.0 Å². The largest absolute Gasteiger partial charge is 0.497 e. The smallest absolute Gasteiger partial charge is 0.244 e. The number of carbonyl (C=O) groups excluding carboxylic acids is 2. The molecule has 0 aliphatic carbocycles. The van der Waals surface area contributed by atoms with Gasteiger partial charge < -0.3 is 15.0 Å². The molecule has 34 heavy (non-hydrogen) atoms. The molecule has 0 heterocycles. The number of carbonyl (C=O) groups is 2. The number of ether oxygens (including phenoxy) is 1. The van der Waals surface area contributed by atoms with Crippen molar-refractivity contribution in [2.75, 3.05) is 30.8 Å². The standard InChI is InChI=1S/C25H35N3O5S/c1-6-23(25(30)26-16-19(2)3)27(17-20-11-8-7-9-12-20)24(29)18-28(34(5,31)32)21-13-10-14-22(15-21)33-4/h7-15,19,23H,6,16-18H2,1-5H3,(H,26,30)/t23-/m1/s1. The predicted molar refractivity (Wildman–Crippen MR) is 134 cm³/mol. The fraction of sp³-hybridized carbons (Fsp3) is 0.440. The van der Waals surface area contributed by atoms with E-state index >= 15 is 0 Å². The fourth-order valence-corrected chi connectivity index (χ4v) is 4.34. The molecular weight excluding hydrogens is 454 g/mol. The van der Waals surface area contributed by atoms with Gasteiger partial charge in [-0.1, -0.05) is 57.2 Å². The van der Waals surface area contributed by atoms with Gasteiger partial charge in [-0.3, -0.25) is 13.9 Å². The Kier molecular flexibility index (Phi) is 9.92. The zero-order chi connectivity index (χ0) is 25.3. The molecule has 2 aromatic rings. The minimum atomic E-state index is -3.79. The van der Waals surface area contributed by atoms with E-state index in [2.05, 4.69) is 5.32 Å². The summed E-state index contributed by atoms with van der Waals surface area (Å²) in [5.41, 5.74) is 1.16. The van der Waals surface area contributed by atoms with Gasteiger partial charge in [-0.15, -0.1) is 0 Å². The molecule has 8 nitrogen and oxygen atoms in total. The van der Waals surface area contributed by atoms with Crippen LogP contribution in [0.3, 0.4) is 0 Å². The summed E-state index contributed by atoms with van der Waals surface area (Å²) in [5.74, 6) is 0.00386. The van der Waals surface area contributed by atoms with Crippen molar-refractivity contribution in [3.63, 3.8) is 0 Å². The maximum atomic E-state index is 13.6. The van der Waals surface area contributed by atoms with Crippen LogP contribution in [-0.2, 0) is 26.2 Å². The summed E-state index contributed by atoms with van der Waals surface area (Å²) < 4.78 is 31.5. The van der Waals surface area contributed by atoms with Crippen molar-refractivity contribution in [3.05, 3.63) is 60.2 Å². The fourth-order valence-electron chi connectivity index (χ4n) is 3.50. The van der Waals surface area contributed by atoms with Gasteiger partial charge in [0, 0.05) is 19.2 Å². The highest BCUT2D eigenvalue weighted by molar-refractivity contribution is 7.92. The van der Waals surface area contributed by atoms with E-state index < -0.39 is 28.5 Å². The Labute approximate surface area is 202 Å². The lowest BCUT2D eigenvalue weighted by molar-refractivity contribution is -0.140. The summed E-state index contributed by atoms with van der Waals surface area (Å²) in [4.78, 5) is 28.0. The van der Waals surface area contributed by atoms with Gasteiger partial charge in [-0.05, 0) is 30.0 Å². The maximum absolute atomic E-state index is 13.6. The van der Waals surface area contributed by atoms with Gasteiger partial charge in [-0.25, -0.2) is 8.42 Å². The van der Waals surface area contributed by atoms with Crippen LogP contribution in [0.2, 0.25) is 0 Å². The number of amides is 2. The molecule has 0 unspecified atom stereocenters. The minimum Gasteiger partial charge on any atom is -0.497 e. The first-order valence-corrected chi connectivity index (χ1v) is 13.1. The zero-order valence-corrected chi connectivity index (χ0v) is 21.3. The van der Waals surface area contributed by atoms with Crippen molar-refractivity contribution in [1.29, 1.82) is 0 Å². The molecule has 1 atom stereocenters. The van der Waals surface area contributed by atoms with Crippen LogP contribution in [0.5, 0.6) is 5.75 Å². The van der Waals surface area contributed by atoms with Gasteiger partial charge in [0.2, 0.25) is 21.8 Å². The Morgan fingerprint density at radius 2 is 1.74 bits per heavy atom. The lowest BCUT2D eigenvalue weighted by Crippen LogP contribution is -2.52. The molecule has 186 valence electrons. The third-order valence-electron chi connectivity index (χ3n) is 5.29. The van der Waals surface area contributed by atoms with Crippen LogP contribution in [-0.4, -0.2) is 57.6 Å². The topological polar surface area (TPSA) is 96.0 Å². The number of nitrogens with one attached hydrogen (secondary N) is 1. The zero-order valence-electron chi connectivity index (χ0n) is 20.5. The Balaban J connectivity index is 2.40. The van der Waals surface area contributed by atoms with E-state index in [-0.39, 0.29) is 18.4 Å². The normalized spacial score (nSPS) is 12.2. The summed E-state index contributed by atoms with van der Waals surface area (Å²) in [6.45, 7) is 6.05. The van der Waals surface area contributed by atoms with E-state index in [1.807, 2.05) is 51.1 Å². The number of methoxy groups -OCH3 is 1. The van der Waals surface area contributed by atoms with Crippen LogP contribution in [0.15, 0.2) is 54.6 Å². The molecule has 0 radical (unpaired) electrons. The quantitative estimate of drug-likeness (QED) is 0.494. The summed E-state index contributed by atoms with van der Waals surface area (Å²) in [7, 11) is -2.30. The van der Waals surface area contributed by atoms with Crippen LogP contribution in [0.25, 0.3) is 0 Å². The van der Waals surface area contributed by atoms with Gasteiger partial charge in [0.15, 0.2) is 0 Å². The van der Waals surface area contributed by atoms with Crippen molar-refractivity contribution in [1.82, 2.24) is 10.2 Å². The highest BCUT2D eigenvalue weighted by Crippen LogP contribution is 2.24. The molecule has 1 N–H and O–H groups in total. The molecular formula is C25H35N3O5S. The number of hydrogen-bond donors (Lipinski definition) is 1. The van der Waals surface area contributed by atoms with Gasteiger partial charge in [-0.2, -0.15) is 0 Å². The van der Waals surface area contributed by atoms with Crippen molar-refractivity contribution >= 4 is 27.5 Å². The molecule has 0 saturated heterocycles. The van der Waals surface area contributed by atoms with Crippen molar-refractivity contribution in [2.45, 2.75) is 39.8 Å². The number of anilines is 1.